The van der Waals surface area contributed by atoms with E-state index in [1.54, 1.807) is 7.11 Å². The van der Waals surface area contributed by atoms with Crippen molar-refractivity contribution in [2.24, 2.45) is 11.8 Å². The van der Waals surface area contributed by atoms with E-state index in [1.807, 2.05) is 4.90 Å². The molecule has 0 bridgehead atoms. The topological polar surface area (TPSA) is 41.6 Å². The SMILES string of the molecule is COCC(C)CN1C(=O)CNC1CC(C)C. The minimum Gasteiger partial charge on any atom is -0.384 e. The molecule has 94 valence electrons. The Morgan fingerprint density at radius 1 is 1.50 bits per heavy atom. The maximum atomic E-state index is 11.7. The average Bonchev–Trinajstić information content (AvgIpc) is 2.49. The highest BCUT2D eigenvalue weighted by atomic mass is 16.5. The number of carbonyl (C=O) groups excluding carboxylic acids is 1. The van der Waals surface area contributed by atoms with E-state index in [0.717, 1.165) is 13.0 Å². The van der Waals surface area contributed by atoms with E-state index in [9.17, 15) is 4.79 Å². The molecule has 16 heavy (non-hydrogen) atoms. The first-order chi connectivity index (χ1) is 7.54. The van der Waals surface area contributed by atoms with Crippen LogP contribution in [0.4, 0.5) is 0 Å². The predicted octanol–water partition coefficient (Wildman–Crippen LogP) is 1.07. The normalized spacial score (nSPS) is 23.2. The Bertz CT molecular complexity index is 231. The van der Waals surface area contributed by atoms with Crippen LogP contribution in [0, 0.1) is 11.8 Å². The number of methoxy groups -OCH3 is 1. The second-order valence-electron chi connectivity index (χ2n) is 5.13. The Labute approximate surface area is 98.3 Å². The molecule has 1 fully saturated rings. The van der Waals surface area contributed by atoms with Gasteiger partial charge in [-0.3, -0.25) is 10.1 Å². The summed E-state index contributed by atoms with van der Waals surface area (Å²) < 4.78 is 5.11. The Balaban J connectivity index is 2.49. The molecule has 4 heteroatoms. The molecular weight excluding hydrogens is 204 g/mol. The quantitative estimate of drug-likeness (QED) is 0.739. The molecule has 1 heterocycles. The van der Waals surface area contributed by atoms with Crippen LogP contribution in [0.2, 0.25) is 0 Å². The van der Waals surface area contributed by atoms with E-state index in [4.69, 9.17) is 4.74 Å². The van der Waals surface area contributed by atoms with Gasteiger partial charge in [0.1, 0.15) is 0 Å². The molecule has 4 nitrogen and oxygen atoms in total. The van der Waals surface area contributed by atoms with Crippen LogP contribution in [0.15, 0.2) is 0 Å². The van der Waals surface area contributed by atoms with Crippen molar-refractivity contribution in [1.82, 2.24) is 10.2 Å². The first kappa shape index (κ1) is 13.5. The van der Waals surface area contributed by atoms with Gasteiger partial charge in [-0.05, 0) is 18.3 Å². The van der Waals surface area contributed by atoms with Gasteiger partial charge in [0.05, 0.1) is 19.3 Å². The molecule has 0 aromatic heterocycles. The van der Waals surface area contributed by atoms with E-state index in [1.165, 1.54) is 0 Å². The van der Waals surface area contributed by atoms with Crippen molar-refractivity contribution >= 4 is 5.91 Å². The molecule has 1 rings (SSSR count). The zero-order valence-electron chi connectivity index (χ0n) is 10.8. The number of ether oxygens (including phenoxy) is 1. The summed E-state index contributed by atoms with van der Waals surface area (Å²) in [6.07, 6.45) is 1.23. The van der Waals surface area contributed by atoms with E-state index in [0.29, 0.717) is 25.0 Å². The van der Waals surface area contributed by atoms with Gasteiger partial charge in [-0.2, -0.15) is 0 Å². The van der Waals surface area contributed by atoms with Crippen molar-refractivity contribution in [3.63, 3.8) is 0 Å². The van der Waals surface area contributed by atoms with Crippen LogP contribution in [0.5, 0.6) is 0 Å². The second-order valence-corrected chi connectivity index (χ2v) is 5.13. The van der Waals surface area contributed by atoms with Crippen LogP contribution in [0.3, 0.4) is 0 Å². The van der Waals surface area contributed by atoms with E-state index >= 15 is 0 Å². The molecule has 0 radical (unpaired) electrons. The first-order valence-electron chi connectivity index (χ1n) is 6.06. The molecule has 2 unspecified atom stereocenters. The molecule has 1 amide bonds. The average molecular weight is 228 g/mol. The van der Waals surface area contributed by atoms with E-state index in [-0.39, 0.29) is 12.1 Å². The number of hydrogen-bond acceptors (Lipinski definition) is 3. The van der Waals surface area contributed by atoms with Crippen molar-refractivity contribution in [1.29, 1.82) is 0 Å². The highest BCUT2D eigenvalue weighted by molar-refractivity contribution is 5.80. The van der Waals surface area contributed by atoms with Crippen LogP contribution in [-0.4, -0.2) is 43.8 Å². The predicted molar refractivity (Wildman–Crippen MR) is 64.0 cm³/mol. The third kappa shape index (κ3) is 3.76. The minimum atomic E-state index is 0.215. The molecular formula is C12H24N2O2. The van der Waals surface area contributed by atoms with Gasteiger partial charge in [-0.15, -0.1) is 0 Å². The highest BCUT2D eigenvalue weighted by Crippen LogP contribution is 2.15. The third-order valence-electron chi connectivity index (χ3n) is 2.84. The molecule has 0 saturated carbocycles. The largest absolute Gasteiger partial charge is 0.384 e. The second kappa shape index (κ2) is 6.21. The van der Waals surface area contributed by atoms with Crippen molar-refractivity contribution < 1.29 is 9.53 Å². The van der Waals surface area contributed by atoms with Gasteiger partial charge in [-0.1, -0.05) is 20.8 Å². The highest BCUT2D eigenvalue weighted by Gasteiger charge is 2.31. The molecule has 2 atom stereocenters. The molecule has 1 aliphatic rings. The summed E-state index contributed by atoms with van der Waals surface area (Å²) in [5, 5.41) is 3.27. The Morgan fingerprint density at radius 3 is 2.75 bits per heavy atom. The van der Waals surface area contributed by atoms with Crippen molar-refractivity contribution in [2.75, 3.05) is 26.8 Å². The minimum absolute atomic E-state index is 0.215. The van der Waals surface area contributed by atoms with Gasteiger partial charge < -0.3 is 9.64 Å². The van der Waals surface area contributed by atoms with Gasteiger partial charge in [0.2, 0.25) is 5.91 Å². The van der Waals surface area contributed by atoms with Crippen LogP contribution in [-0.2, 0) is 9.53 Å². The van der Waals surface area contributed by atoms with Crippen molar-refractivity contribution in [3.05, 3.63) is 0 Å². The van der Waals surface area contributed by atoms with Gasteiger partial charge in [0.25, 0.3) is 0 Å². The zero-order valence-corrected chi connectivity index (χ0v) is 10.8. The monoisotopic (exact) mass is 228 g/mol. The van der Waals surface area contributed by atoms with Gasteiger partial charge in [-0.25, -0.2) is 0 Å². The number of nitrogens with zero attached hydrogens (tertiary/aromatic N) is 1. The van der Waals surface area contributed by atoms with Crippen molar-refractivity contribution in [2.45, 2.75) is 33.4 Å². The fourth-order valence-electron chi connectivity index (χ4n) is 2.15. The summed E-state index contributed by atoms with van der Waals surface area (Å²) in [5.41, 5.74) is 0. The van der Waals surface area contributed by atoms with Crippen molar-refractivity contribution in [3.8, 4) is 0 Å². The number of amides is 1. The van der Waals surface area contributed by atoms with Crippen LogP contribution < -0.4 is 5.32 Å². The van der Waals surface area contributed by atoms with Crippen LogP contribution in [0.25, 0.3) is 0 Å². The molecule has 1 aliphatic heterocycles. The first-order valence-corrected chi connectivity index (χ1v) is 6.06. The summed E-state index contributed by atoms with van der Waals surface area (Å²) in [4.78, 5) is 13.7. The van der Waals surface area contributed by atoms with E-state index in [2.05, 4.69) is 26.1 Å². The standard InChI is InChI=1S/C12H24N2O2/c1-9(2)5-11-13-6-12(15)14(11)7-10(3)8-16-4/h9-11,13H,5-8H2,1-4H3. The van der Waals surface area contributed by atoms with Gasteiger partial charge in [0.15, 0.2) is 0 Å². The fourth-order valence-corrected chi connectivity index (χ4v) is 2.15. The lowest BCUT2D eigenvalue weighted by Crippen LogP contribution is -2.41. The number of carbonyl (C=O) groups is 1. The molecule has 0 spiro atoms. The summed E-state index contributed by atoms with van der Waals surface area (Å²) >= 11 is 0. The zero-order chi connectivity index (χ0) is 12.1. The summed E-state index contributed by atoms with van der Waals surface area (Å²) in [6.45, 7) is 8.45. The maximum Gasteiger partial charge on any atom is 0.237 e. The maximum absolute atomic E-state index is 11.7. The van der Waals surface area contributed by atoms with Gasteiger partial charge in [0, 0.05) is 13.7 Å². The third-order valence-corrected chi connectivity index (χ3v) is 2.84. The van der Waals surface area contributed by atoms with Crippen LogP contribution in [0.1, 0.15) is 27.2 Å². The summed E-state index contributed by atoms with van der Waals surface area (Å²) in [5.74, 6) is 1.21. The Morgan fingerprint density at radius 2 is 2.19 bits per heavy atom. The Kier molecular flexibility index (Phi) is 5.22. The van der Waals surface area contributed by atoms with Gasteiger partial charge >= 0.3 is 0 Å². The molecule has 1 saturated heterocycles. The number of hydrogen-bond donors (Lipinski definition) is 1. The molecule has 0 aromatic carbocycles. The summed E-state index contributed by atoms with van der Waals surface area (Å²) in [7, 11) is 1.70. The lowest BCUT2D eigenvalue weighted by Gasteiger charge is -2.28. The number of nitrogens with one attached hydrogen (secondary N) is 1. The Hall–Kier alpha value is -0.610. The summed E-state index contributed by atoms with van der Waals surface area (Å²) in [6, 6.07) is 0. The smallest absolute Gasteiger partial charge is 0.237 e. The van der Waals surface area contributed by atoms with Crippen LogP contribution >= 0.6 is 0 Å². The lowest BCUT2D eigenvalue weighted by atomic mass is 10.1. The van der Waals surface area contributed by atoms with E-state index < -0.39 is 0 Å². The fraction of sp³-hybridized carbons (Fsp3) is 0.917. The molecule has 1 N–H and O–H groups in total. The lowest BCUT2D eigenvalue weighted by molar-refractivity contribution is -0.128. The molecule has 0 aliphatic carbocycles. The number of rotatable bonds is 6. The molecule has 0 aromatic rings.